The van der Waals surface area contributed by atoms with E-state index in [2.05, 4.69) is 0 Å². The third-order valence-corrected chi connectivity index (χ3v) is 4.51. The second-order valence-corrected chi connectivity index (χ2v) is 6.37. The van der Waals surface area contributed by atoms with E-state index in [0.717, 1.165) is 22.6 Å². The summed E-state index contributed by atoms with van der Waals surface area (Å²) < 4.78 is 10.7. The van der Waals surface area contributed by atoms with Crippen LogP contribution in [-0.2, 0) is 11.3 Å². The van der Waals surface area contributed by atoms with E-state index in [1.54, 1.807) is 29.8 Å². The van der Waals surface area contributed by atoms with Gasteiger partial charge in [0.05, 0.1) is 0 Å². The Bertz CT molecular complexity index is 756. The van der Waals surface area contributed by atoms with E-state index in [1.165, 1.54) is 4.90 Å². The summed E-state index contributed by atoms with van der Waals surface area (Å²) in [6.45, 7) is 0.775. The van der Waals surface area contributed by atoms with Crippen LogP contribution in [0.25, 0.3) is 6.08 Å². The van der Waals surface area contributed by atoms with Crippen molar-refractivity contribution in [3.05, 3.63) is 59.7 Å². The molecule has 0 aromatic heterocycles. The Kier molecular flexibility index (Phi) is 5.11. The van der Waals surface area contributed by atoms with Crippen LogP contribution in [0.1, 0.15) is 11.1 Å². The number of carbonyl (C=O) groups excluding carboxylic acids is 1. The van der Waals surface area contributed by atoms with E-state index in [9.17, 15) is 4.79 Å². The molecular formula is C19H19NO3S. The van der Waals surface area contributed by atoms with Gasteiger partial charge < -0.3 is 14.4 Å². The minimum atomic E-state index is -0.0402. The Hall–Kier alpha value is -2.40. The maximum Gasteiger partial charge on any atom is 0.246 e. The second kappa shape index (κ2) is 7.45. The van der Waals surface area contributed by atoms with Gasteiger partial charge in [0.15, 0.2) is 11.5 Å². The molecule has 1 heterocycles. The second-order valence-electron chi connectivity index (χ2n) is 5.49. The highest BCUT2D eigenvalue weighted by Gasteiger charge is 2.14. The molecule has 0 atom stereocenters. The van der Waals surface area contributed by atoms with Gasteiger partial charge in [-0.15, -0.1) is 11.8 Å². The zero-order chi connectivity index (χ0) is 16.9. The molecule has 0 N–H and O–H groups in total. The fourth-order valence-corrected chi connectivity index (χ4v) is 2.81. The molecule has 0 fully saturated rings. The van der Waals surface area contributed by atoms with Gasteiger partial charge in [-0.1, -0.05) is 18.2 Å². The molecule has 1 aliphatic heterocycles. The number of fused-ring (bicyclic) bond motifs is 1. The number of amides is 1. The van der Waals surface area contributed by atoms with Gasteiger partial charge in [0.1, 0.15) is 0 Å². The molecule has 0 saturated heterocycles. The fourth-order valence-electron chi connectivity index (χ4n) is 2.40. The minimum Gasteiger partial charge on any atom is -0.454 e. The molecular weight excluding hydrogens is 322 g/mol. The highest BCUT2D eigenvalue weighted by atomic mass is 32.2. The quantitative estimate of drug-likeness (QED) is 0.612. The molecule has 2 aromatic carbocycles. The van der Waals surface area contributed by atoms with E-state index in [-0.39, 0.29) is 12.7 Å². The summed E-state index contributed by atoms with van der Waals surface area (Å²) >= 11 is 1.70. The maximum atomic E-state index is 12.3. The van der Waals surface area contributed by atoms with Crippen LogP contribution in [0.3, 0.4) is 0 Å². The fraction of sp³-hybridized carbons (Fsp3) is 0.211. The molecule has 0 unspecified atom stereocenters. The van der Waals surface area contributed by atoms with Gasteiger partial charge in [-0.3, -0.25) is 4.79 Å². The standard InChI is InChI=1S/C19H19NO3S/c1-20(12-15-5-9-17-18(11-15)23-13-22-17)19(21)10-6-14-3-7-16(24-2)8-4-14/h3-11H,12-13H2,1-2H3/b10-6+. The van der Waals surface area contributed by atoms with Crippen LogP contribution < -0.4 is 9.47 Å². The molecule has 0 bridgehead atoms. The lowest BCUT2D eigenvalue weighted by Crippen LogP contribution is -2.24. The van der Waals surface area contributed by atoms with Crippen molar-refractivity contribution < 1.29 is 14.3 Å². The molecule has 124 valence electrons. The lowest BCUT2D eigenvalue weighted by atomic mass is 10.2. The highest BCUT2D eigenvalue weighted by molar-refractivity contribution is 7.98. The molecule has 0 saturated carbocycles. The molecule has 0 spiro atoms. The predicted molar refractivity (Wildman–Crippen MR) is 96.3 cm³/mol. The van der Waals surface area contributed by atoms with E-state index < -0.39 is 0 Å². The van der Waals surface area contributed by atoms with Crippen molar-refractivity contribution in [2.45, 2.75) is 11.4 Å². The van der Waals surface area contributed by atoms with Gasteiger partial charge in [-0.05, 0) is 47.7 Å². The van der Waals surface area contributed by atoms with E-state index in [1.807, 2.05) is 54.8 Å². The van der Waals surface area contributed by atoms with Gasteiger partial charge in [0.2, 0.25) is 12.7 Å². The first kappa shape index (κ1) is 16.5. The van der Waals surface area contributed by atoms with Crippen molar-refractivity contribution in [3.8, 4) is 11.5 Å². The number of carbonyl (C=O) groups is 1. The van der Waals surface area contributed by atoms with Crippen LogP contribution in [0.2, 0.25) is 0 Å². The third-order valence-electron chi connectivity index (χ3n) is 3.77. The Labute approximate surface area is 146 Å². The minimum absolute atomic E-state index is 0.0402. The third kappa shape index (κ3) is 3.92. The SMILES string of the molecule is CSc1ccc(/C=C/C(=O)N(C)Cc2ccc3c(c2)OCO3)cc1. The number of thioether (sulfide) groups is 1. The van der Waals surface area contributed by atoms with Crippen molar-refractivity contribution in [3.63, 3.8) is 0 Å². The van der Waals surface area contributed by atoms with Gasteiger partial charge in [-0.2, -0.15) is 0 Å². The summed E-state index contributed by atoms with van der Waals surface area (Å²) in [5.74, 6) is 1.45. The lowest BCUT2D eigenvalue weighted by molar-refractivity contribution is -0.125. The van der Waals surface area contributed by atoms with Crippen LogP contribution in [-0.4, -0.2) is 30.9 Å². The Morgan fingerprint density at radius 1 is 1.17 bits per heavy atom. The maximum absolute atomic E-state index is 12.3. The Morgan fingerprint density at radius 2 is 1.92 bits per heavy atom. The van der Waals surface area contributed by atoms with Crippen LogP contribution in [0.5, 0.6) is 11.5 Å². The predicted octanol–water partition coefficient (Wildman–Crippen LogP) is 3.81. The molecule has 2 aromatic rings. The van der Waals surface area contributed by atoms with Crippen LogP contribution in [0.4, 0.5) is 0 Å². The monoisotopic (exact) mass is 341 g/mol. The number of hydrogen-bond donors (Lipinski definition) is 0. The number of rotatable bonds is 5. The summed E-state index contributed by atoms with van der Waals surface area (Å²) in [6, 6.07) is 13.8. The first-order chi connectivity index (χ1) is 11.7. The average Bonchev–Trinajstić information content (AvgIpc) is 3.07. The van der Waals surface area contributed by atoms with E-state index in [4.69, 9.17) is 9.47 Å². The average molecular weight is 341 g/mol. The van der Waals surface area contributed by atoms with Crippen molar-refractivity contribution >= 4 is 23.7 Å². The zero-order valence-corrected chi connectivity index (χ0v) is 14.5. The van der Waals surface area contributed by atoms with Gasteiger partial charge >= 0.3 is 0 Å². The lowest BCUT2D eigenvalue weighted by Gasteiger charge is -2.15. The number of likely N-dealkylation sites (N-methyl/N-ethyl adjacent to an activating group) is 1. The van der Waals surface area contributed by atoms with Gasteiger partial charge in [0, 0.05) is 24.6 Å². The molecule has 5 heteroatoms. The molecule has 4 nitrogen and oxygen atoms in total. The number of nitrogens with zero attached hydrogens (tertiary/aromatic N) is 1. The Morgan fingerprint density at radius 3 is 2.67 bits per heavy atom. The molecule has 0 aliphatic carbocycles. The molecule has 1 aliphatic rings. The number of ether oxygens (including phenoxy) is 2. The topological polar surface area (TPSA) is 38.8 Å². The largest absolute Gasteiger partial charge is 0.454 e. The number of hydrogen-bond acceptors (Lipinski definition) is 4. The smallest absolute Gasteiger partial charge is 0.246 e. The van der Waals surface area contributed by atoms with Crippen LogP contribution >= 0.6 is 11.8 Å². The number of benzene rings is 2. The first-order valence-corrected chi connectivity index (χ1v) is 8.84. The zero-order valence-electron chi connectivity index (χ0n) is 13.7. The van der Waals surface area contributed by atoms with Crippen molar-refractivity contribution in [1.82, 2.24) is 4.90 Å². The van der Waals surface area contributed by atoms with Crippen molar-refractivity contribution in [1.29, 1.82) is 0 Å². The summed E-state index contributed by atoms with van der Waals surface area (Å²) in [7, 11) is 1.79. The molecule has 3 rings (SSSR count). The van der Waals surface area contributed by atoms with Crippen LogP contribution in [0, 0.1) is 0 Å². The van der Waals surface area contributed by atoms with Crippen LogP contribution in [0.15, 0.2) is 53.4 Å². The van der Waals surface area contributed by atoms with Crippen molar-refractivity contribution in [2.75, 3.05) is 20.1 Å². The molecule has 1 amide bonds. The molecule has 0 radical (unpaired) electrons. The summed E-state index contributed by atoms with van der Waals surface area (Å²) in [4.78, 5) is 15.1. The Balaban J connectivity index is 1.60. The van der Waals surface area contributed by atoms with Crippen molar-refractivity contribution in [2.24, 2.45) is 0 Å². The molecule has 24 heavy (non-hydrogen) atoms. The summed E-state index contributed by atoms with van der Waals surface area (Å²) in [5, 5.41) is 0. The summed E-state index contributed by atoms with van der Waals surface area (Å²) in [6.07, 6.45) is 5.48. The van der Waals surface area contributed by atoms with E-state index in [0.29, 0.717) is 6.54 Å². The highest BCUT2D eigenvalue weighted by Crippen LogP contribution is 2.32. The van der Waals surface area contributed by atoms with Gasteiger partial charge in [-0.25, -0.2) is 0 Å². The first-order valence-electron chi connectivity index (χ1n) is 7.61. The van der Waals surface area contributed by atoms with Gasteiger partial charge in [0.25, 0.3) is 0 Å². The normalized spacial score (nSPS) is 12.6. The van der Waals surface area contributed by atoms with E-state index >= 15 is 0 Å². The summed E-state index contributed by atoms with van der Waals surface area (Å²) in [5.41, 5.74) is 2.02.